The van der Waals surface area contributed by atoms with Crippen LogP contribution in [0.4, 0.5) is 22.9 Å². The summed E-state index contributed by atoms with van der Waals surface area (Å²) in [5.41, 5.74) is 1.36. The Morgan fingerprint density at radius 3 is 2.52 bits per heavy atom. The van der Waals surface area contributed by atoms with Gasteiger partial charge in [-0.3, -0.25) is 4.79 Å². The highest BCUT2D eigenvalue weighted by molar-refractivity contribution is 6.42. The Labute approximate surface area is 168 Å². The van der Waals surface area contributed by atoms with Crippen molar-refractivity contribution in [3.63, 3.8) is 0 Å². The Morgan fingerprint density at radius 2 is 1.93 bits per heavy atom. The lowest BCUT2D eigenvalue weighted by Gasteiger charge is -2.27. The third-order valence-electron chi connectivity index (χ3n) is 3.87. The second-order valence-corrected chi connectivity index (χ2v) is 7.65. The van der Waals surface area contributed by atoms with Crippen LogP contribution in [0, 0.1) is 0 Å². The molecule has 0 aliphatic carbocycles. The smallest absolute Gasteiger partial charge is 0.214 e. The van der Waals surface area contributed by atoms with Crippen molar-refractivity contribution in [2.24, 2.45) is 0 Å². The zero-order valence-electron chi connectivity index (χ0n) is 15.7. The fourth-order valence-electron chi connectivity index (χ4n) is 2.41. The summed E-state index contributed by atoms with van der Waals surface area (Å²) in [6.07, 6.45) is 2.50. The number of hydrogen-bond acceptors (Lipinski definition) is 6. The van der Waals surface area contributed by atoms with Crippen molar-refractivity contribution in [3.8, 4) is 0 Å². The topological polar surface area (TPSA) is 81.6 Å². The van der Waals surface area contributed by atoms with Gasteiger partial charge in [0.25, 0.3) is 0 Å². The van der Waals surface area contributed by atoms with Gasteiger partial charge in [0.05, 0.1) is 17.0 Å². The van der Waals surface area contributed by atoms with Gasteiger partial charge in [-0.25, -0.2) is 9.97 Å². The average Bonchev–Trinajstić information content (AvgIpc) is 2.58. The van der Waals surface area contributed by atoms with Gasteiger partial charge >= 0.3 is 0 Å². The molecule has 146 valence electrons. The van der Waals surface area contributed by atoms with E-state index in [4.69, 9.17) is 23.2 Å². The normalized spacial score (nSPS) is 11.2. The van der Waals surface area contributed by atoms with E-state index in [9.17, 15) is 9.90 Å². The number of aromatic nitrogens is 2. The molecule has 0 aliphatic heterocycles. The molecule has 0 saturated heterocycles. The molecule has 27 heavy (non-hydrogen) atoms. The first-order chi connectivity index (χ1) is 12.6. The first-order valence-corrected chi connectivity index (χ1v) is 9.06. The molecule has 7 nitrogen and oxygen atoms in total. The van der Waals surface area contributed by atoms with Crippen molar-refractivity contribution in [2.45, 2.75) is 25.9 Å². The molecule has 0 unspecified atom stereocenters. The van der Waals surface area contributed by atoms with Crippen LogP contribution in [0.3, 0.4) is 0 Å². The summed E-state index contributed by atoms with van der Waals surface area (Å²) in [5, 5.41) is 13.4. The van der Waals surface area contributed by atoms with Gasteiger partial charge < -0.3 is 20.2 Å². The lowest BCUT2D eigenvalue weighted by Crippen LogP contribution is -2.31. The quantitative estimate of drug-likeness (QED) is 0.508. The van der Waals surface area contributed by atoms with Crippen LogP contribution in [0.25, 0.3) is 0 Å². The van der Waals surface area contributed by atoms with E-state index < -0.39 is 5.60 Å². The number of carbonyl (C=O) groups excluding carboxylic acids is 1. The van der Waals surface area contributed by atoms with Crippen molar-refractivity contribution in [2.75, 3.05) is 35.8 Å². The fraction of sp³-hybridized carbons (Fsp3) is 0.389. The molecule has 0 saturated carbocycles. The summed E-state index contributed by atoms with van der Waals surface area (Å²) in [6, 6.07) is 5.56. The summed E-state index contributed by atoms with van der Waals surface area (Å²) < 4.78 is 0. The van der Waals surface area contributed by atoms with Crippen molar-refractivity contribution in [3.05, 3.63) is 34.7 Å². The molecule has 9 heteroatoms. The lowest BCUT2D eigenvalue weighted by atomic mass is 10.1. The molecular weight excluding hydrogens is 389 g/mol. The Morgan fingerprint density at radius 1 is 1.22 bits per heavy atom. The van der Waals surface area contributed by atoms with Gasteiger partial charge in [-0.15, -0.1) is 0 Å². The minimum Gasteiger partial charge on any atom is -0.390 e. The second-order valence-electron chi connectivity index (χ2n) is 6.91. The molecule has 0 aliphatic rings. The standard InChI is InChI=1S/C18H23Cl2N5O2/c1-18(2,27)7-8-25(11-26)14-9-12(5-6-13(14)24(3)4)23-17-15(19)16(20)21-10-22-17/h5-6,9-11,27H,7-8H2,1-4H3,(H,21,22,23). The zero-order chi connectivity index (χ0) is 20.2. The summed E-state index contributed by atoms with van der Waals surface area (Å²) >= 11 is 12.1. The number of aliphatic hydroxyl groups is 1. The molecule has 0 fully saturated rings. The maximum absolute atomic E-state index is 11.7. The number of carbonyl (C=O) groups is 1. The highest BCUT2D eigenvalue weighted by Crippen LogP contribution is 2.34. The molecule has 0 bridgehead atoms. The van der Waals surface area contributed by atoms with Crippen molar-refractivity contribution >= 4 is 52.5 Å². The highest BCUT2D eigenvalue weighted by atomic mass is 35.5. The highest BCUT2D eigenvalue weighted by Gasteiger charge is 2.19. The van der Waals surface area contributed by atoms with Gasteiger partial charge in [-0.05, 0) is 38.5 Å². The second kappa shape index (κ2) is 8.73. The minimum atomic E-state index is -0.874. The monoisotopic (exact) mass is 411 g/mol. The van der Waals surface area contributed by atoms with E-state index >= 15 is 0 Å². The molecule has 0 atom stereocenters. The molecule has 0 spiro atoms. The van der Waals surface area contributed by atoms with E-state index in [1.807, 2.05) is 37.2 Å². The average molecular weight is 412 g/mol. The summed E-state index contributed by atoms with van der Waals surface area (Å²) in [4.78, 5) is 23.1. The molecule has 1 aromatic carbocycles. The summed E-state index contributed by atoms with van der Waals surface area (Å²) in [7, 11) is 3.79. The van der Waals surface area contributed by atoms with Gasteiger partial charge in [-0.2, -0.15) is 0 Å². The van der Waals surface area contributed by atoms with Crippen LogP contribution >= 0.6 is 23.2 Å². The van der Waals surface area contributed by atoms with Gasteiger partial charge in [0, 0.05) is 26.3 Å². The third kappa shape index (κ3) is 5.69. The van der Waals surface area contributed by atoms with Gasteiger partial charge in [0.15, 0.2) is 11.0 Å². The van der Waals surface area contributed by atoms with Gasteiger partial charge in [0.2, 0.25) is 6.41 Å². The van der Waals surface area contributed by atoms with Crippen LogP contribution in [0.2, 0.25) is 10.2 Å². The van der Waals surface area contributed by atoms with E-state index in [-0.39, 0.29) is 10.2 Å². The Balaban J connectivity index is 2.38. The van der Waals surface area contributed by atoms with E-state index in [0.29, 0.717) is 30.2 Å². The molecular formula is C18H23Cl2N5O2. The number of amides is 1. The number of anilines is 4. The molecule has 1 amide bonds. The Bertz CT molecular complexity index is 809. The molecule has 2 aromatic rings. The van der Waals surface area contributed by atoms with Crippen LogP contribution in [-0.2, 0) is 4.79 Å². The van der Waals surface area contributed by atoms with Gasteiger partial charge in [0.1, 0.15) is 11.3 Å². The molecule has 1 aromatic heterocycles. The molecule has 0 radical (unpaired) electrons. The maximum atomic E-state index is 11.7. The molecule has 1 heterocycles. The predicted octanol–water partition coefficient (Wildman–Crippen LogP) is 3.72. The number of rotatable bonds is 8. The van der Waals surface area contributed by atoms with E-state index in [2.05, 4.69) is 15.3 Å². The van der Waals surface area contributed by atoms with Crippen LogP contribution < -0.4 is 15.1 Å². The minimum absolute atomic E-state index is 0.152. The van der Waals surface area contributed by atoms with Crippen LogP contribution in [0.15, 0.2) is 24.5 Å². The maximum Gasteiger partial charge on any atom is 0.214 e. The number of nitrogens with one attached hydrogen (secondary N) is 1. The first kappa shape index (κ1) is 21.2. The molecule has 2 rings (SSSR count). The number of benzene rings is 1. The summed E-state index contributed by atoms with van der Waals surface area (Å²) in [6.45, 7) is 3.79. The van der Waals surface area contributed by atoms with Crippen LogP contribution in [0.1, 0.15) is 20.3 Å². The van der Waals surface area contributed by atoms with E-state index in [0.717, 1.165) is 12.1 Å². The van der Waals surface area contributed by atoms with Crippen LogP contribution in [0.5, 0.6) is 0 Å². The third-order valence-corrected chi connectivity index (χ3v) is 4.61. The van der Waals surface area contributed by atoms with Crippen molar-refractivity contribution in [1.82, 2.24) is 9.97 Å². The predicted molar refractivity (Wildman–Crippen MR) is 110 cm³/mol. The first-order valence-electron chi connectivity index (χ1n) is 8.31. The number of halogens is 2. The van der Waals surface area contributed by atoms with E-state index in [1.54, 1.807) is 18.7 Å². The molecule has 2 N–H and O–H groups in total. The fourth-order valence-corrected chi connectivity index (χ4v) is 2.68. The van der Waals surface area contributed by atoms with Crippen LogP contribution in [-0.4, -0.2) is 47.7 Å². The summed E-state index contributed by atoms with van der Waals surface area (Å²) in [5.74, 6) is 0.370. The number of hydrogen-bond donors (Lipinski definition) is 2. The Hall–Kier alpha value is -2.09. The SMILES string of the molecule is CN(C)c1ccc(Nc2ncnc(Cl)c2Cl)cc1N(C=O)CCC(C)(C)O. The number of nitrogens with zero attached hydrogens (tertiary/aromatic N) is 4. The zero-order valence-corrected chi connectivity index (χ0v) is 17.2. The van der Waals surface area contributed by atoms with Crippen molar-refractivity contribution in [1.29, 1.82) is 0 Å². The van der Waals surface area contributed by atoms with Gasteiger partial charge in [-0.1, -0.05) is 23.2 Å². The van der Waals surface area contributed by atoms with E-state index in [1.165, 1.54) is 6.33 Å². The lowest BCUT2D eigenvalue weighted by molar-refractivity contribution is -0.107. The largest absolute Gasteiger partial charge is 0.390 e. The Kier molecular flexibility index (Phi) is 6.86. The van der Waals surface area contributed by atoms with Crippen molar-refractivity contribution < 1.29 is 9.90 Å².